The summed E-state index contributed by atoms with van der Waals surface area (Å²) in [5.41, 5.74) is 1.46. The van der Waals surface area contributed by atoms with Gasteiger partial charge in [-0.2, -0.15) is 0 Å². The molecule has 6 aliphatic carbocycles. The van der Waals surface area contributed by atoms with Gasteiger partial charge in [0.2, 0.25) is 0 Å². The molecule has 0 aromatic heterocycles. The second kappa shape index (κ2) is 12.3. The molecule has 1 saturated heterocycles. The molecule has 0 aromatic rings. The van der Waals surface area contributed by atoms with E-state index in [-0.39, 0.29) is 23.9 Å². The number of esters is 1. The zero-order valence-electron chi connectivity index (χ0n) is 30.0. The molecule has 0 spiro atoms. The molecule has 46 heavy (non-hydrogen) atoms. The number of fused-ring (bicyclic) bond motifs is 7. The standard InChI is InChI=1S/C40H66N2O4/c1-26-28(35(43)44)25-29(26)36(45)46-33-15-17-37(3)30(27(33)2)14-18-39(5)34(37)13-12-31-32-11-10-16-40(32,20-19-38(31,39)4)41-21-24-42-22-8-6-7-9-23-42/h26-34,41H,6-25H2,1-5H3,(H,43,44)/t26?,27?,28?,29?,30?,31?,32-,33?,34?,37?,38-,39?,40?/m1/s1. The first-order valence-electron chi connectivity index (χ1n) is 19.8. The fourth-order valence-electron chi connectivity index (χ4n) is 14.1. The second-order valence-corrected chi connectivity index (χ2v) is 18.6. The number of carbonyl (C=O) groups excluding carboxylic acids is 1. The number of aliphatic carboxylic acids is 1. The fourth-order valence-corrected chi connectivity index (χ4v) is 14.1. The van der Waals surface area contributed by atoms with Crippen molar-refractivity contribution in [3.8, 4) is 0 Å². The number of rotatable bonds is 7. The van der Waals surface area contributed by atoms with E-state index in [4.69, 9.17) is 4.74 Å². The van der Waals surface area contributed by atoms with Crippen LogP contribution in [0.4, 0.5) is 0 Å². The van der Waals surface area contributed by atoms with Gasteiger partial charge in [-0.25, -0.2) is 0 Å². The van der Waals surface area contributed by atoms with Crippen LogP contribution in [0.5, 0.6) is 0 Å². The summed E-state index contributed by atoms with van der Waals surface area (Å²) in [5.74, 6) is 1.70. The summed E-state index contributed by atoms with van der Waals surface area (Å²) in [6.45, 7) is 17.4. The minimum Gasteiger partial charge on any atom is -0.481 e. The summed E-state index contributed by atoms with van der Waals surface area (Å²) in [4.78, 5) is 27.4. The average Bonchev–Trinajstić information content (AvgIpc) is 3.25. The van der Waals surface area contributed by atoms with Gasteiger partial charge in [0.1, 0.15) is 6.10 Å². The van der Waals surface area contributed by atoms with E-state index in [2.05, 4.69) is 37.9 Å². The zero-order chi connectivity index (χ0) is 32.5. The zero-order valence-corrected chi connectivity index (χ0v) is 30.0. The van der Waals surface area contributed by atoms with Crippen LogP contribution < -0.4 is 5.32 Å². The highest BCUT2D eigenvalue weighted by Gasteiger charge is 2.69. The number of carbonyl (C=O) groups is 2. The van der Waals surface area contributed by atoms with Crippen LogP contribution in [0.3, 0.4) is 0 Å². The molecule has 0 aromatic carbocycles. The van der Waals surface area contributed by atoms with Crippen LogP contribution in [0, 0.1) is 63.6 Å². The Kier molecular flexibility index (Phi) is 8.94. The molecule has 0 radical (unpaired) electrons. The SMILES string of the molecule is CC1C(C(=O)O)CC1C(=O)OC1CCC2(C)C(CCC3(C)C2CCC2[C@H]4CCCC4(NCCN4CCCCCC4)CC[C@]23C)C1C. The lowest BCUT2D eigenvalue weighted by molar-refractivity contribution is -0.231. The first kappa shape index (κ1) is 33.4. The Hall–Kier alpha value is -1.14. The Balaban J connectivity index is 1.02. The molecule has 0 amide bonds. The van der Waals surface area contributed by atoms with Gasteiger partial charge in [-0.05, 0) is 148 Å². The Morgan fingerprint density at radius 3 is 2.24 bits per heavy atom. The molecule has 11 unspecified atom stereocenters. The van der Waals surface area contributed by atoms with Crippen molar-refractivity contribution in [3.05, 3.63) is 0 Å². The monoisotopic (exact) mass is 639 g/mol. The summed E-state index contributed by atoms with van der Waals surface area (Å²) in [6, 6.07) is 0. The van der Waals surface area contributed by atoms with E-state index in [0.29, 0.717) is 40.0 Å². The van der Waals surface area contributed by atoms with E-state index in [1.807, 2.05) is 6.92 Å². The van der Waals surface area contributed by atoms with Crippen molar-refractivity contribution in [1.82, 2.24) is 10.2 Å². The molecule has 7 aliphatic rings. The predicted molar refractivity (Wildman–Crippen MR) is 182 cm³/mol. The molecule has 6 nitrogen and oxygen atoms in total. The molecule has 6 saturated carbocycles. The number of nitrogens with one attached hydrogen (secondary N) is 1. The second-order valence-electron chi connectivity index (χ2n) is 18.6. The molecular formula is C40H66N2O4. The van der Waals surface area contributed by atoms with E-state index < -0.39 is 11.9 Å². The van der Waals surface area contributed by atoms with Crippen LogP contribution in [-0.2, 0) is 14.3 Å². The van der Waals surface area contributed by atoms with Crippen molar-refractivity contribution in [3.63, 3.8) is 0 Å². The van der Waals surface area contributed by atoms with Gasteiger partial charge in [-0.1, -0.05) is 53.9 Å². The van der Waals surface area contributed by atoms with E-state index in [1.54, 1.807) is 0 Å². The molecule has 13 atom stereocenters. The number of ether oxygens (including phenoxy) is 1. The minimum atomic E-state index is -0.775. The fraction of sp³-hybridized carbons (Fsp3) is 0.950. The lowest BCUT2D eigenvalue weighted by atomic mass is 9.34. The van der Waals surface area contributed by atoms with Gasteiger partial charge in [0.05, 0.1) is 11.8 Å². The molecular weight excluding hydrogens is 572 g/mol. The molecule has 1 aliphatic heterocycles. The van der Waals surface area contributed by atoms with Crippen molar-refractivity contribution in [2.24, 2.45) is 63.6 Å². The van der Waals surface area contributed by atoms with Gasteiger partial charge < -0.3 is 20.1 Å². The lowest BCUT2D eigenvalue weighted by Gasteiger charge is -2.71. The first-order chi connectivity index (χ1) is 21.9. The van der Waals surface area contributed by atoms with Gasteiger partial charge in [-0.15, -0.1) is 0 Å². The summed E-state index contributed by atoms with van der Waals surface area (Å²) in [7, 11) is 0. The maximum Gasteiger partial charge on any atom is 0.309 e. The van der Waals surface area contributed by atoms with Crippen LogP contribution in [0.25, 0.3) is 0 Å². The van der Waals surface area contributed by atoms with E-state index >= 15 is 0 Å². The third-order valence-corrected chi connectivity index (χ3v) is 17.2. The normalized spacial score (nSPS) is 50.6. The van der Waals surface area contributed by atoms with Crippen molar-refractivity contribution < 1.29 is 19.4 Å². The molecule has 0 bridgehead atoms. The van der Waals surface area contributed by atoms with E-state index in [9.17, 15) is 14.7 Å². The highest BCUT2D eigenvalue weighted by Crippen LogP contribution is 2.75. The molecule has 260 valence electrons. The highest BCUT2D eigenvalue weighted by molar-refractivity contribution is 5.80. The summed E-state index contributed by atoms with van der Waals surface area (Å²) in [6.07, 6.45) is 20.4. The van der Waals surface area contributed by atoms with Gasteiger partial charge in [0, 0.05) is 18.6 Å². The Morgan fingerprint density at radius 1 is 0.761 bits per heavy atom. The Morgan fingerprint density at radius 2 is 1.52 bits per heavy atom. The topological polar surface area (TPSA) is 78.9 Å². The quantitative estimate of drug-likeness (QED) is 0.276. The summed E-state index contributed by atoms with van der Waals surface area (Å²) < 4.78 is 6.26. The van der Waals surface area contributed by atoms with Crippen LogP contribution in [0.2, 0.25) is 0 Å². The van der Waals surface area contributed by atoms with Crippen molar-refractivity contribution in [2.45, 2.75) is 149 Å². The average molecular weight is 639 g/mol. The molecule has 7 rings (SSSR count). The maximum atomic E-state index is 13.2. The summed E-state index contributed by atoms with van der Waals surface area (Å²) >= 11 is 0. The van der Waals surface area contributed by atoms with Gasteiger partial charge in [0.25, 0.3) is 0 Å². The van der Waals surface area contributed by atoms with Crippen LogP contribution >= 0.6 is 0 Å². The van der Waals surface area contributed by atoms with Gasteiger partial charge >= 0.3 is 11.9 Å². The van der Waals surface area contributed by atoms with Gasteiger partial charge in [0.15, 0.2) is 0 Å². The number of carboxylic acids is 1. The number of hydrogen-bond donors (Lipinski definition) is 2. The molecule has 1 heterocycles. The van der Waals surface area contributed by atoms with Crippen molar-refractivity contribution in [1.29, 1.82) is 0 Å². The van der Waals surface area contributed by atoms with Gasteiger partial charge in [-0.3, -0.25) is 9.59 Å². The predicted octanol–water partition coefficient (Wildman–Crippen LogP) is 7.94. The summed E-state index contributed by atoms with van der Waals surface area (Å²) in [5, 5.41) is 13.7. The third kappa shape index (κ3) is 5.14. The van der Waals surface area contributed by atoms with Crippen LogP contribution in [0.15, 0.2) is 0 Å². The Bertz CT molecular complexity index is 1150. The molecule has 6 heteroatoms. The number of carboxylic acid groups (broad SMARTS) is 1. The molecule has 7 fully saturated rings. The Labute approximate surface area is 279 Å². The largest absolute Gasteiger partial charge is 0.481 e. The van der Waals surface area contributed by atoms with Crippen molar-refractivity contribution in [2.75, 3.05) is 26.2 Å². The van der Waals surface area contributed by atoms with E-state index in [0.717, 1.165) is 30.6 Å². The van der Waals surface area contributed by atoms with Crippen LogP contribution in [0.1, 0.15) is 137 Å². The maximum absolute atomic E-state index is 13.2. The number of hydrogen-bond acceptors (Lipinski definition) is 5. The minimum absolute atomic E-state index is 0.0212. The number of likely N-dealkylation sites (tertiary alicyclic amines) is 1. The molecule has 2 N–H and O–H groups in total. The van der Waals surface area contributed by atoms with Crippen LogP contribution in [-0.4, -0.2) is 59.8 Å². The highest BCUT2D eigenvalue weighted by atomic mass is 16.5. The lowest BCUT2D eigenvalue weighted by Crippen LogP contribution is -2.67. The van der Waals surface area contributed by atoms with E-state index in [1.165, 1.54) is 110 Å². The van der Waals surface area contributed by atoms with Crippen molar-refractivity contribution >= 4 is 11.9 Å². The number of nitrogens with zero attached hydrogens (tertiary/aromatic N) is 1. The smallest absolute Gasteiger partial charge is 0.309 e. The first-order valence-corrected chi connectivity index (χ1v) is 19.8. The third-order valence-electron chi connectivity index (χ3n) is 17.2.